The van der Waals surface area contributed by atoms with Gasteiger partial charge in [-0.3, -0.25) is 20.0 Å². The maximum absolute atomic E-state index is 4.45. The van der Waals surface area contributed by atoms with Gasteiger partial charge in [-0.05, 0) is 52.0 Å². The molecule has 0 unspecified atom stereocenters. The maximum Gasteiger partial charge on any atom is 2.00 e. The molecule has 0 atom stereocenters. The second-order valence-electron chi connectivity index (χ2n) is 11.2. The molecule has 0 aliphatic rings. The van der Waals surface area contributed by atoms with E-state index in [0.29, 0.717) is 0 Å². The quantitative estimate of drug-likeness (QED) is 0.196. The van der Waals surface area contributed by atoms with E-state index in [9.17, 15) is 0 Å². The van der Waals surface area contributed by atoms with Crippen LogP contribution in [-0.2, 0) is 16.8 Å². The molecule has 2 aromatic rings. The van der Waals surface area contributed by atoms with Crippen molar-refractivity contribution in [1.82, 2.24) is 9.97 Å². The average molecular weight is 628 g/mol. The zero-order valence-electron chi connectivity index (χ0n) is 26.9. The van der Waals surface area contributed by atoms with Gasteiger partial charge in [0.15, 0.2) is 0 Å². The molecule has 2 rings (SSSR count). The first-order valence-corrected chi connectivity index (χ1v) is 20.2. The summed E-state index contributed by atoms with van der Waals surface area (Å²) in [7, 11) is 5.35. The third-order valence-electron chi connectivity index (χ3n) is 4.32. The van der Waals surface area contributed by atoms with Gasteiger partial charge in [0.25, 0.3) is 0 Å². The van der Waals surface area contributed by atoms with Crippen LogP contribution in [0.5, 0.6) is 0 Å². The van der Waals surface area contributed by atoms with Crippen molar-refractivity contribution in [3.8, 4) is 0 Å². The van der Waals surface area contributed by atoms with Crippen LogP contribution in [-0.4, -0.2) is 77.2 Å². The van der Waals surface area contributed by atoms with E-state index < -0.39 is 16.1 Å². The first-order chi connectivity index (χ1) is 17.4. The van der Waals surface area contributed by atoms with Crippen molar-refractivity contribution >= 4 is 39.0 Å². The van der Waals surface area contributed by atoms with Gasteiger partial charge in [0.1, 0.15) is 0 Å². The molecule has 227 valence electrons. The van der Waals surface area contributed by atoms with Crippen molar-refractivity contribution in [2.45, 2.75) is 74.4 Å². The molecule has 0 aliphatic heterocycles. The molecule has 1 radical (unpaired) electrons. The predicted molar refractivity (Wildman–Crippen MR) is 185 cm³/mol. The van der Waals surface area contributed by atoms with E-state index >= 15 is 0 Å². The summed E-state index contributed by atoms with van der Waals surface area (Å²) in [5, 5.41) is 0. The number of rotatable bonds is 4. The zero-order chi connectivity index (χ0) is 30.1. The number of nitrogens with zero attached hydrogens (tertiary/aromatic N) is 6. The molecule has 0 spiro atoms. The Morgan fingerprint density at radius 2 is 0.675 bits per heavy atom. The first-order valence-electron chi connectivity index (χ1n) is 12.8. The zero-order valence-corrected chi connectivity index (χ0v) is 29.9. The van der Waals surface area contributed by atoms with Crippen LogP contribution in [0.4, 0.5) is 0 Å². The number of hydrogen-bond donors (Lipinski definition) is 0. The van der Waals surface area contributed by atoms with Gasteiger partial charge in [0.05, 0.1) is 45.6 Å². The van der Waals surface area contributed by atoms with E-state index in [1.54, 1.807) is 28.2 Å². The van der Waals surface area contributed by atoms with Gasteiger partial charge in [-0.2, -0.15) is 0 Å². The number of hydrogen-bond acceptors (Lipinski definition) is 6. The summed E-state index contributed by atoms with van der Waals surface area (Å²) in [6, 6.07) is 11.8. The third-order valence-corrected chi connectivity index (χ3v) is 4.32. The van der Waals surface area contributed by atoms with Crippen molar-refractivity contribution in [3.05, 3.63) is 72.3 Å². The Labute approximate surface area is 259 Å². The number of aliphatic imine (C=N–C) groups is 4. The van der Waals surface area contributed by atoms with Gasteiger partial charge in [0, 0.05) is 28.2 Å². The molecule has 6 nitrogen and oxygen atoms in total. The summed E-state index contributed by atoms with van der Waals surface area (Å²) < 4.78 is 0. The molecule has 0 aromatic carbocycles. The Hall–Kier alpha value is -2.08. The fraction of sp³-hybridized carbons (Fsp3) is 0.484. The molecule has 9 heteroatoms. The largest absolute Gasteiger partial charge is 2.00 e. The van der Waals surface area contributed by atoms with E-state index in [4.69, 9.17) is 0 Å². The van der Waals surface area contributed by atoms with Gasteiger partial charge in [-0.15, -0.1) is 16.1 Å². The van der Waals surface area contributed by atoms with E-state index in [-0.39, 0.29) is 24.2 Å². The summed E-state index contributed by atoms with van der Waals surface area (Å²) in [6.07, 6.45) is 0. The maximum atomic E-state index is 4.45. The molecule has 2 aromatic heterocycles. The molecular formula is C31H56CoN6Si2. The van der Waals surface area contributed by atoms with Crippen molar-refractivity contribution in [2.75, 3.05) is 28.2 Å². The molecule has 0 saturated heterocycles. The minimum atomic E-state index is -0.861. The molecule has 0 bridgehead atoms. The van der Waals surface area contributed by atoms with Crippen molar-refractivity contribution in [2.24, 2.45) is 20.0 Å². The van der Waals surface area contributed by atoms with E-state index in [0.717, 1.165) is 45.6 Å². The molecular weight excluding hydrogens is 571 g/mol. The Bertz CT molecular complexity index is 929. The standard InChI is InChI=1S/2C11H15N3.2C4H11Si.CH4.Co/c2*1-8(12-3)10-6-5-7-11(14-10)9(2)13-4;2*1-5(2,3)4;;/h2*5-7H,1-4H3;2*1H2,2-4H3;1H4;/q;;2*-1;;+2. The fourth-order valence-corrected chi connectivity index (χ4v) is 2.13. The molecule has 0 N–H and O–H groups in total. The third kappa shape index (κ3) is 24.9. The van der Waals surface area contributed by atoms with Crippen LogP contribution in [0, 0.1) is 13.1 Å². The van der Waals surface area contributed by atoms with E-state index in [1.807, 2.05) is 64.1 Å². The fourth-order valence-electron chi connectivity index (χ4n) is 2.13. The van der Waals surface area contributed by atoms with Crippen molar-refractivity contribution in [1.29, 1.82) is 0 Å². The van der Waals surface area contributed by atoms with Crippen LogP contribution >= 0.6 is 0 Å². The Balaban J connectivity index is -0.000000235. The van der Waals surface area contributed by atoms with Gasteiger partial charge in [-0.1, -0.05) is 58.8 Å². The summed E-state index contributed by atoms with van der Waals surface area (Å²) in [6.45, 7) is 28.9. The van der Waals surface area contributed by atoms with Crippen LogP contribution < -0.4 is 0 Å². The summed E-state index contributed by atoms with van der Waals surface area (Å²) in [5.41, 5.74) is 7.40. The minimum Gasteiger partial charge on any atom is -0.342 e. The molecule has 0 fully saturated rings. The van der Waals surface area contributed by atoms with Crippen molar-refractivity contribution in [3.63, 3.8) is 0 Å². The molecule has 0 saturated carbocycles. The topological polar surface area (TPSA) is 75.2 Å². The number of aromatic nitrogens is 2. The summed E-state index contributed by atoms with van der Waals surface area (Å²) in [4.78, 5) is 25.3. The minimum absolute atomic E-state index is 0. The second kappa shape index (κ2) is 22.6. The summed E-state index contributed by atoms with van der Waals surface area (Å²) >= 11 is 0. The van der Waals surface area contributed by atoms with Crippen LogP contribution in [0.1, 0.15) is 57.9 Å². The molecule has 40 heavy (non-hydrogen) atoms. The summed E-state index contributed by atoms with van der Waals surface area (Å²) in [5.74, 6) is 0. The van der Waals surface area contributed by atoms with Gasteiger partial charge in [-0.25, -0.2) is 9.97 Å². The average Bonchev–Trinajstić information content (AvgIpc) is 2.85. The first kappa shape index (κ1) is 44.9. The number of pyridine rings is 2. The SMILES string of the molecule is C.CN=C(C)c1cccc(C(C)=NC)n1.CN=C(C)c1cccc(C(C)=NC)n1.[CH2-][Si](C)(C)C.[CH2-][Si](C)(C)C.[Co+2]. The van der Waals surface area contributed by atoms with E-state index in [1.165, 1.54) is 0 Å². The van der Waals surface area contributed by atoms with Crippen molar-refractivity contribution < 1.29 is 16.8 Å². The monoisotopic (exact) mass is 627 g/mol. The molecule has 0 aliphatic carbocycles. The second-order valence-corrected chi connectivity index (χ2v) is 21.4. The van der Waals surface area contributed by atoms with Crippen LogP contribution in [0.25, 0.3) is 0 Å². The smallest absolute Gasteiger partial charge is 0.342 e. The Morgan fingerprint density at radius 1 is 0.525 bits per heavy atom. The Kier molecular flexibility index (Phi) is 25.4. The van der Waals surface area contributed by atoms with Crippen LogP contribution in [0.15, 0.2) is 56.4 Å². The Morgan fingerprint density at radius 3 is 0.800 bits per heavy atom. The van der Waals surface area contributed by atoms with Gasteiger partial charge in [0.2, 0.25) is 0 Å². The predicted octanol–water partition coefficient (Wildman–Crippen LogP) is 7.95. The van der Waals surface area contributed by atoms with Gasteiger partial charge >= 0.3 is 16.8 Å². The van der Waals surface area contributed by atoms with Crippen LogP contribution in [0.3, 0.4) is 0 Å². The molecule has 0 amide bonds. The molecule has 2 heterocycles. The van der Waals surface area contributed by atoms with Crippen LogP contribution in [0.2, 0.25) is 39.3 Å². The normalized spacial score (nSPS) is 12.2. The van der Waals surface area contributed by atoms with E-state index in [2.05, 4.69) is 82.3 Å². The van der Waals surface area contributed by atoms with Gasteiger partial charge < -0.3 is 13.1 Å².